The van der Waals surface area contributed by atoms with Crippen molar-refractivity contribution in [2.75, 3.05) is 57.4 Å². The Morgan fingerprint density at radius 1 is 0.905 bits per heavy atom. The second-order valence-corrected chi connectivity index (χ2v) is 8.59. The Morgan fingerprint density at radius 2 is 1.38 bits per heavy atom. The standard InChI is InChI=1S/C11H24N2O6S2/c1-2-10-20(15,16)19-21(17,18)11-8-13-5-3-12(4-6-13)7-9-14/h14H,2-11H2,1H3. The summed E-state index contributed by atoms with van der Waals surface area (Å²) in [6, 6.07) is 0. The summed E-state index contributed by atoms with van der Waals surface area (Å²) in [6.45, 7) is 5.51. The summed E-state index contributed by atoms with van der Waals surface area (Å²) in [5.41, 5.74) is 0. The molecule has 0 aliphatic carbocycles. The van der Waals surface area contributed by atoms with Crippen LogP contribution in [0.4, 0.5) is 0 Å². The zero-order valence-electron chi connectivity index (χ0n) is 12.3. The fourth-order valence-corrected chi connectivity index (χ4v) is 4.88. The number of piperazine rings is 1. The molecule has 8 nitrogen and oxygen atoms in total. The van der Waals surface area contributed by atoms with Gasteiger partial charge in [-0.1, -0.05) is 6.92 Å². The Bertz CT molecular complexity index is 497. The van der Waals surface area contributed by atoms with Crippen LogP contribution in [0.5, 0.6) is 0 Å². The fourth-order valence-electron chi connectivity index (χ4n) is 2.09. The van der Waals surface area contributed by atoms with Crippen LogP contribution in [0.25, 0.3) is 0 Å². The monoisotopic (exact) mass is 344 g/mol. The Kier molecular flexibility index (Phi) is 7.51. The van der Waals surface area contributed by atoms with Gasteiger partial charge in [-0.15, -0.1) is 3.63 Å². The van der Waals surface area contributed by atoms with Crippen molar-refractivity contribution in [2.24, 2.45) is 0 Å². The molecule has 0 aromatic heterocycles. The molecule has 0 unspecified atom stereocenters. The molecule has 0 spiro atoms. The summed E-state index contributed by atoms with van der Waals surface area (Å²) in [5.74, 6) is -0.637. The highest BCUT2D eigenvalue weighted by atomic mass is 32.3. The molecule has 1 aliphatic rings. The highest BCUT2D eigenvalue weighted by Gasteiger charge is 2.24. The van der Waals surface area contributed by atoms with Crippen molar-refractivity contribution >= 4 is 20.2 Å². The molecule has 1 heterocycles. The van der Waals surface area contributed by atoms with Crippen LogP contribution in [0.2, 0.25) is 0 Å². The van der Waals surface area contributed by atoms with Crippen molar-refractivity contribution in [3.63, 3.8) is 0 Å². The molecule has 0 atom stereocenters. The number of hydrogen-bond acceptors (Lipinski definition) is 8. The Hall–Kier alpha value is -0.260. The molecule has 0 bridgehead atoms. The summed E-state index contributed by atoms with van der Waals surface area (Å²) in [7, 11) is -8.07. The fraction of sp³-hybridized carbons (Fsp3) is 1.00. The number of nitrogens with zero attached hydrogens (tertiary/aromatic N) is 2. The zero-order valence-corrected chi connectivity index (χ0v) is 13.9. The second-order valence-electron chi connectivity index (χ2n) is 5.00. The average Bonchev–Trinajstić information content (AvgIpc) is 2.37. The van der Waals surface area contributed by atoms with Crippen LogP contribution < -0.4 is 0 Å². The van der Waals surface area contributed by atoms with Gasteiger partial charge in [-0.25, -0.2) is 0 Å². The molecule has 0 radical (unpaired) electrons. The minimum absolute atomic E-state index is 0.109. The summed E-state index contributed by atoms with van der Waals surface area (Å²) in [5, 5.41) is 8.84. The molecule has 21 heavy (non-hydrogen) atoms. The molecule has 1 saturated heterocycles. The normalized spacial score (nSPS) is 19.0. The molecule has 126 valence electrons. The van der Waals surface area contributed by atoms with Gasteiger partial charge in [-0.05, 0) is 6.42 Å². The lowest BCUT2D eigenvalue weighted by Crippen LogP contribution is -2.48. The quantitative estimate of drug-likeness (QED) is 0.549. The van der Waals surface area contributed by atoms with E-state index in [1.165, 1.54) is 0 Å². The minimum atomic E-state index is -4.07. The number of β-amino-alcohol motifs (C(OH)–C–C–N with tert-alkyl or cyclic N) is 1. The molecular formula is C11H24N2O6S2. The van der Waals surface area contributed by atoms with Gasteiger partial charge in [-0.2, -0.15) is 16.8 Å². The first-order valence-corrected chi connectivity index (χ1v) is 10.2. The molecule has 0 saturated carbocycles. The topological polar surface area (TPSA) is 104 Å². The molecule has 1 rings (SSSR count). The third-order valence-electron chi connectivity index (χ3n) is 3.20. The third-order valence-corrected chi connectivity index (χ3v) is 6.45. The molecule has 1 aliphatic heterocycles. The molecular weight excluding hydrogens is 320 g/mol. The maximum Gasteiger partial charge on any atom is 0.283 e. The highest BCUT2D eigenvalue weighted by Crippen LogP contribution is 2.06. The maximum atomic E-state index is 11.7. The molecule has 1 fully saturated rings. The molecule has 1 N–H and O–H groups in total. The first kappa shape index (κ1) is 18.8. The predicted octanol–water partition coefficient (Wildman–Crippen LogP) is -1.32. The van der Waals surface area contributed by atoms with E-state index < -0.39 is 20.2 Å². The first-order chi connectivity index (χ1) is 9.78. The molecule has 10 heteroatoms. The van der Waals surface area contributed by atoms with E-state index in [9.17, 15) is 16.8 Å². The van der Waals surface area contributed by atoms with Crippen molar-refractivity contribution in [1.29, 1.82) is 0 Å². The average molecular weight is 344 g/mol. The van der Waals surface area contributed by atoms with Crippen molar-refractivity contribution in [2.45, 2.75) is 13.3 Å². The Labute approximate surface area is 126 Å². The highest BCUT2D eigenvalue weighted by molar-refractivity contribution is 7.99. The smallest absolute Gasteiger partial charge is 0.283 e. The van der Waals surface area contributed by atoms with Gasteiger partial charge in [0, 0.05) is 39.3 Å². The van der Waals surface area contributed by atoms with Gasteiger partial charge < -0.3 is 5.11 Å². The van der Waals surface area contributed by atoms with Crippen LogP contribution in [-0.4, -0.2) is 89.1 Å². The number of aliphatic hydroxyl groups is 1. The lowest BCUT2D eigenvalue weighted by molar-refractivity contribution is 0.116. The van der Waals surface area contributed by atoms with Gasteiger partial charge in [-0.3, -0.25) is 9.80 Å². The van der Waals surface area contributed by atoms with Crippen molar-refractivity contribution in [3.8, 4) is 0 Å². The Morgan fingerprint density at radius 3 is 1.86 bits per heavy atom. The van der Waals surface area contributed by atoms with E-state index in [2.05, 4.69) is 8.53 Å². The van der Waals surface area contributed by atoms with Crippen molar-refractivity contribution in [3.05, 3.63) is 0 Å². The number of rotatable bonds is 9. The van der Waals surface area contributed by atoms with E-state index in [-0.39, 0.29) is 24.7 Å². The lowest BCUT2D eigenvalue weighted by Gasteiger charge is -2.34. The Balaban J connectivity index is 2.38. The van der Waals surface area contributed by atoms with Crippen molar-refractivity contribution < 1.29 is 25.6 Å². The lowest BCUT2D eigenvalue weighted by atomic mass is 10.3. The summed E-state index contributed by atoms with van der Waals surface area (Å²) in [4.78, 5) is 4.04. The number of aliphatic hydroxyl groups excluding tert-OH is 1. The second kappa shape index (κ2) is 8.39. The van der Waals surface area contributed by atoms with Gasteiger partial charge >= 0.3 is 0 Å². The van der Waals surface area contributed by atoms with Gasteiger partial charge in [0.2, 0.25) is 0 Å². The van der Waals surface area contributed by atoms with E-state index >= 15 is 0 Å². The number of hydrogen-bond donors (Lipinski definition) is 1. The molecule has 0 aromatic rings. The van der Waals surface area contributed by atoms with Crippen LogP contribution in [-0.2, 0) is 23.9 Å². The zero-order chi connectivity index (χ0) is 15.9. The van der Waals surface area contributed by atoms with E-state index in [1.54, 1.807) is 6.92 Å². The van der Waals surface area contributed by atoms with Crippen LogP contribution in [0.15, 0.2) is 0 Å². The van der Waals surface area contributed by atoms with E-state index in [1.807, 2.05) is 4.90 Å². The summed E-state index contributed by atoms with van der Waals surface area (Å²) in [6.07, 6.45) is 0.310. The third kappa shape index (κ3) is 7.52. The van der Waals surface area contributed by atoms with Gasteiger partial charge in [0.15, 0.2) is 0 Å². The maximum absolute atomic E-state index is 11.7. The molecule has 0 amide bonds. The first-order valence-electron chi connectivity index (χ1n) is 7.00. The van der Waals surface area contributed by atoms with Crippen LogP contribution >= 0.6 is 0 Å². The van der Waals surface area contributed by atoms with Crippen LogP contribution in [0.1, 0.15) is 13.3 Å². The van der Waals surface area contributed by atoms with E-state index in [4.69, 9.17) is 5.11 Å². The van der Waals surface area contributed by atoms with Crippen molar-refractivity contribution in [1.82, 2.24) is 9.80 Å². The molecule has 0 aromatic carbocycles. The van der Waals surface area contributed by atoms with Gasteiger partial charge in [0.1, 0.15) is 0 Å². The SMILES string of the molecule is CCCS(=O)(=O)OS(=O)(=O)CCN1CCN(CCO)CC1. The van der Waals surface area contributed by atoms with Crippen LogP contribution in [0, 0.1) is 0 Å². The minimum Gasteiger partial charge on any atom is -0.395 e. The van der Waals surface area contributed by atoms with Gasteiger partial charge in [0.25, 0.3) is 20.2 Å². The van der Waals surface area contributed by atoms with Crippen LogP contribution in [0.3, 0.4) is 0 Å². The summed E-state index contributed by atoms with van der Waals surface area (Å²) >= 11 is 0. The summed E-state index contributed by atoms with van der Waals surface area (Å²) < 4.78 is 50.3. The van der Waals surface area contributed by atoms with E-state index in [0.29, 0.717) is 26.1 Å². The largest absolute Gasteiger partial charge is 0.395 e. The predicted molar refractivity (Wildman–Crippen MR) is 78.9 cm³/mol. The van der Waals surface area contributed by atoms with E-state index in [0.717, 1.165) is 13.1 Å². The van der Waals surface area contributed by atoms with Gasteiger partial charge in [0.05, 0.1) is 18.1 Å².